The predicted octanol–water partition coefficient (Wildman–Crippen LogP) is 2.38. The fraction of sp³-hybridized carbons (Fsp3) is 0.462. The maximum atomic E-state index is 12.3. The number of methoxy groups -OCH3 is 1. The van der Waals surface area contributed by atoms with Gasteiger partial charge in [-0.1, -0.05) is 0 Å². The molecule has 0 spiro atoms. The van der Waals surface area contributed by atoms with E-state index in [1.165, 1.54) is 19.2 Å². The predicted molar refractivity (Wildman–Crippen MR) is 82.0 cm³/mol. The Morgan fingerprint density at radius 3 is 2.52 bits per heavy atom. The molecule has 0 saturated carbocycles. The number of halogens is 1. The van der Waals surface area contributed by atoms with Crippen molar-refractivity contribution in [3.05, 3.63) is 22.7 Å². The van der Waals surface area contributed by atoms with Gasteiger partial charge in [0.1, 0.15) is 5.75 Å². The van der Waals surface area contributed by atoms with Crippen LogP contribution in [0.15, 0.2) is 27.6 Å². The molecule has 2 N–H and O–H groups in total. The average molecular weight is 380 g/mol. The summed E-state index contributed by atoms with van der Waals surface area (Å²) in [7, 11) is -2.25. The van der Waals surface area contributed by atoms with E-state index in [-0.39, 0.29) is 17.7 Å². The molecule has 0 aliphatic carbocycles. The fourth-order valence-electron chi connectivity index (χ4n) is 1.71. The molecule has 118 valence electrons. The van der Waals surface area contributed by atoms with Crippen LogP contribution in [0.5, 0.6) is 5.75 Å². The van der Waals surface area contributed by atoms with Gasteiger partial charge in [0, 0.05) is 12.0 Å². The number of carboxylic acids is 1. The van der Waals surface area contributed by atoms with Gasteiger partial charge in [-0.15, -0.1) is 0 Å². The summed E-state index contributed by atoms with van der Waals surface area (Å²) in [4.78, 5) is 10.7. The fourth-order valence-corrected chi connectivity index (χ4v) is 3.87. The number of hydrogen-bond acceptors (Lipinski definition) is 4. The molecule has 8 heteroatoms. The number of rotatable bonds is 7. The molecule has 0 saturated heterocycles. The minimum atomic E-state index is -3.74. The molecule has 1 aromatic carbocycles. The number of hydrogen-bond donors (Lipinski definition) is 2. The van der Waals surface area contributed by atoms with Gasteiger partial charge in [0.05, 0.1) is 16.5 Å². The summed E-state index contributed by atoms with van der Waals surface area (Å²) in [6.07, 6.45) is 0.0840. The molecular formula is C13H18BrNO5S. The lowest BCUT2D eigenvalue weighted by Crippen LogP contribution is -2.43. The van der Waals surface area contributed by atoms with Crippen LogP contribution in [0.1, 0.15) is 26.7 Å². The average Bonchev–Trinajstić information content (AvgIpc) is 2.35. The first-order valence-electron chi connectivity index (χ1n) is 6.17. The van der Waals surface area contributed by atoms with E-state index in [0.29, 0.717) is 10.2 Å². The van der Waals surface area contributed by atoms with E-state index in [4.69, 9.17) is 9.84 Å². The summed E-state index contributed by atoms with van der Waals surface area (Å²) in [5.41, 5.74) is -0.858. The van der Waals surface area contributed by atoms with Crippen LogP contribution in [0.4, 0.5) is 0 Å². The lowest BCUT2D eigenvalue weighted by molar-refractivity contribution is -0.137. The van der Waals surface area contributed by atoms with Crippen molar-refractivity contribution in [1.82, 2.24) is 4.72 Å². The monoisotopic (exact) mass is 379 g/mol. The molecule has 0 amide bonds. The molecule has 1 aromatic rings. The van der Waals surface area contributed by atoms with E-state index in [1.54, 1.807) is 19.9 Å². The summed E-state index contributed by atoms with van der Waals surface area (Å²) in [6.45, 7) is 3.29. The van der Waals surface area contributed by atoms with Crippen LogP contribution in [-0.2, 0) is 14.8 Å². The summed E-state index contributed by atoms with van der Waals surface area (Å²) in [5.74, 6) is -0.437. The second-order valence-corrected chi connectivity index (χ2v) is 7.72. The van der Waals surface area contributed by atoms with Crippen LogP contribution in [0.25, 0.3) is 0 Å². The summed E-state index contributed by atoms with van der Waals surface area (Å²) in [6, 6.07) is 4.41. The Morgan fingerprint density at radius 1 is 1.43 bits per heavy atom. The highest BCUT2D eigenvalue weighted by Crippen LogP contribution is 2.28. The van der Waals surface area contributed by atoms with Gasteiger partial charge in [-0.2, -0.15) is 0 Å². The van der Waals surface area contributed by atoms with Gasteiger partial charge in [-0.05, 0) is 54.4 Å². The summed E-state index contributed by atoms with van der Waals surface area (Å²) < 4.78 is 32.7. The number of sulfonamides is 1. The molecule has 0 unspecified atom stereocenters. The lowest BCUT2D eigenvalue weighted by Gasteiger charge is -2.25. The van der Waals surface area contributed by atoms with Gasteiger partial charge in [0.2, 0.25) is 10.0 Å². The molecule has 0 aromatic heterocycles. The second kappa shape index (κ2) is 6.76. The van der Waals surface area contributed by atoms with E-state index in [9.17, 15) is 13.2 Å². The number of carbonyl (C=O) groups is 1. The Hall–Kier alpha value is -1.12. The second-order valence-electron chi connectivity index (χ2n) is 5.18. The Bertz CT molecular complexity index is 627. The minimum Gasteiger partial charge on any atom is -0.496 e. The number of carboxylic acid groups (broad SMARTS) is 1. The molecule has 21 heavy (non-hydrogen) atoms. The van der Waals surface area contributed by atoms with Crippen molar-refractivity contribution < 1.29 is 23.1 Å². The molecule has 0 aliphatic rings. The van der Waals surface area contributed by atoms with Crippen LogP contribution < -0.4 is 9.46 Å². The van der Waals surface area contributed by atoms with E-state index in [2.05, 4.69) is 20.7 Å². The highest BCUT2D eigenvalue weighted by Gasteiger charge is 2.27. The third-order valence-corrected chi connectivity index (χ3v) is 5.12. The van der Waals surface area contributed by atoms with E-state index >= 15 is 0 Å². The van der Waals surface area contributed by atoms with Gasteiger partial charge in [0.25, 0.3) is 0 Å². The maximum absolute atomic E-state index is 12.3. The van der Waals surface area contributed by atoms with Crippen molar-refractivity contribution >= 4 is 31.9 Å². The van der Waals surface area contributed by atoms with Crippen molar-refractivity contribution in [1.29, 1.82) is 0 Å². The lowest BCUT2D eigenvalue weighted by atomic mass is 10.0. The molecule has 0 aliphatic heterocycles. The molecule has 6 nitrogen and oxygen atoms in total. The van der Waals surface area contributed by atoms with Crippen LogP contribution >= 0.6 is 15.9 Å². The standard InChI is InChI=1S/C13H18BrNO5S/c1-13(2,7-6-12(16)17)15-21(18,19)9-4-5-11(20-3)10(14)8-9/h4-5,8,15H,6-7H2,1-3H3,(H,16,17). The molecule has 0 atom stereocenters. The zero-order valence-electron chi connectivity index (χ0n) is 12.0. The number of aliphatic carboxylic acids is 1. The van der Waals surface area contributed by atoms with Crippen LogP contribution in [0, 0.1) is 0 Å². The van der Waals surface area contributed by atoms with Gasteiger partial charge in [-0.25, -0.2) is 13.1 Å². The molecular weight excluding hydrogens is 362 g/mol. The Morgan fingerprint density at radius 2 is 2.05 bits per heavy atom. The Labute approximate surface area is 132 Å². The normalized spacial score (nSPS) is 12.2. The first-order chi connectivity index (χ1) is 9.57. The number of nitrogens with one attached hydrogen (secondary N) is 1. The number of ether oxygens (including phenoxy) is 1. The largest absolute Gasteiger partial charge is 0.496 e. The van der Waals surface area contributed by atoms with E-state index < -0.39 is 21.5 Å². The van der Waals surface area contributed by atoms with Crippen molar-refractivity contribution in [2.45, 2.75) is 37.1 Å². The van der Waals surface area contributed by atoms with Crippen LogP contribution in [0.3, 0.4) is 0 Å². The van der Waals surface area contributed by atoms with E-state index in [1.807, 2.05) is 0 Å². The highest BCUT2D eigenvalue weighted by molar-refractivity contribution is 9.10. The van der Waals surface area contributed by atoms with Gasteiger partial charge in [-0.3, -0.25) is 4.79 Å². The van der Waals surface area contributed by atoms with Crippen molar-refractivity contribution in [3.8, 4) is 5.75 Å². The van der Waals surface area contributed by atoms with E-state index in [0.717, 1.165) is 0 Å². The topological polar surface area (TPSA) is 92.7 Å². The van der Waals surface area contributed by atoms with Crippen molar-refractivity contribution in [2.24, 2.45) is 0 Å². The zero-order valence-corrected chi connectivity index (χ0v) is 14.4. The third-order valence-electron chi connectivity index (χ3n) is 2.81. The third kappa shape index (κ3) is 5.29. The summed E-state index contributed by atoms with van der Waals surface area (Å²) in [5, 5.41) is 8.69. The molecule has 0 bridgehead atoms. The van der Waals surface area contributed by atoms with Crippen LogP contribution in [0.2, 0.25) is 0 Å². The SMILES string of the molecule is COc1ccc(S(=O)(=O)NC(C)(C)CCC(=O)O)cc1Br. The number of benzene rings is 1. The van der Waals surface area contributed by atoms with Crippen molar-refractivity contribution in [2.75, 3.05) is 7.11 Å². The molecule has 0 radical (unpaired) electrons. The Kier molecular flexibility index (Phi) is 5.77. The molecule has 0 fully saturated rings. The van der Waals surface area contributed by atoms with Gasteiger partial charge in [0.15, 0.2) is 0 Å². The maximum Gasteiger partial charge on any atom is 0.303 e. The minimum absolute atomic E-state index is 0.0820. The zero-order chi connectivity index (χ0) is 16.3. The highest BCUT2D eigenvalue weighted by atomic mass is 79.9. The molecule has 1 rings (SSSR count). The van der Waals surface area contributed by atoms with Gasteiger partial charge < -0.3 is 9.84 Å². The van der Waals surface area contributed by atoms with Crippen LogP contribution in [-0.4, -0.2) is 32.1 Å². The Balaban J connectivity index is 2.95. The summed E-state index contributed by atoms with van der Waals surface area (Å²) >= 11 is 3.23. The smallest absolute Gasteiger partial charge is 0.303 e. The quantitative estimate of drug-likeness (QED) is 0.758. The first kappa shape index (κ1) is 17.9. The first-order valence-corrected chi connectivity index (χ1v) is 8.44. The molecule has 0 heterocycles. The van der Waals surface area contributed by atoms with Gasteiger partial charge >= 0.3 is 5.97 Å². The van der Waals surface area contributed by atoms with Crippen molar-refractivity contribution in [3.63, 3.8) is 0 Å².